The predicted octanol–water partition coefficient (Wildman–Crippen LogP) is 3.99. The van der Waals surface area contributed by atoms with Crippen LogP contribution in [0.5, 0.6) is 11.5 Å². The summed E-state index contributed by atoms with van der Waals surface area (Å²) in [5, 5.41) is 35.4. The summed E-state index contributed by atoms with van der Waals surface area (Å²) in [6.07, 6.45) is 9.04. The minimum absolute atomic E-state index is 0.00296. The first-order chi connectivity index (χ1) is 19.1. The van der Waals surface area contributed by atoms with Crippen LogP contribution in [0.3, 0.4) is 0 Å². The lowest BCUT2D eigenvalue weighted by molar-refractivity contribution is -0.237. The molecule has 0 spiro atoms. The van der Waals surface area contributed by atoms with E-state index < -0.39 is 22.7 Å². The first-order valence-corrected chi connectivity index (χ1v) is 14.8. The number of carbonyl (C=O) groups is 1. The zero-order chi connectivity index (χ0) is 28.3. The van der Waals surface area contributed by atoms with Gasteiger partial charge in [-0.15, -0.1) is 0 Å². The number of nitrogens with zero attached hydrogens (tertiary/aromatic N) is 1. The summed E-state index contributed by atoms with van der Waals surface area (Å²) in [6, 6.07) is 5.74. The van der Waals surface area contributed by atoms with Gasteiger partial charge in [-0.1, -0.05) is 19.1 Å². The molecule has 8 atom stereocenters. The highest BCUT2D eigenvalue weighted by molar-refractivity contribution is 5.85. The number of esters is 1. The summed E-state index contributed by atoms with van der Waals surface area (Å²) in [5.41, 5.74) is -1.06. The van der Waals surface area contributed by atoms with Gasteiger partial charge in [-0.2, -0.15) is 0 Å². The van der Waals surface area contributed by atoms with Gasteiger partial charge in [-0.3, -0.25) is 4.99 Å². The number of hydrogen-bond donors (Lipinski definition) is 3. The lowest BCUT2D eigenvalue weighted by Crippen LogP contribution is -2.68. The van der Waals surface area contributed by atoms with Crippen molar-refractivity contribution >= 4 is 12.2 Å². The third kappa shape index (κ3) is 3.89. The predicted molar refractivity (Wildman–Crippen MR) is 149 cm³/mol. The van der Waals surface area contributed by atoms with Gasteiger partial charge in [-0.05, 0) is 80.8 Å². The zero-order valence-corrected chi connectivity index (χ0v) is 23.9. The maximum absolute atomic E-state index is 12.6. The molecule has 8 nitrogen and oxygen atoms in total. The number of aliphatic imine (C=N–C) groups is 1. The Morgan fingerprint density at radius 2 is 1.85 bits per heavy atom. The molecule has 0 amide bonds. The Bertz CT molecular complexity index is 1230. The topological polar surface area (TPSA) is 118 Å². The minimum Gasteiger partial charge on any atom is -0.493 e. The van der Waals surface area contributed by atoms with E-state index >= 15 is 0 Å². The number of rotatable bonds is 6. The zero-order valence-electron chi connectivity index (χ0n) is 23.9. The molecule has 4 fully saturated rings. The van der Waals surface area contributed by atoms with Crippen molar-refractivity contribution in [1.29, 1.82) is 0 Å². The second-order valence-electron chi connectivity index (χ2n) is 13.1. The Labute approximate surface area is 236 Å². The van der Waals surface area contributed by atoms with E-state index in [2.05, 4.69) is 6.92 Å². The molecule has 3 N–H and O–H groups in total. The van der Waals surface area contributed by atoms with Gasteiger partial charge in [0.2, 0.25) is 0 Å². The fraction of sp³-hybridized carbons (Fsp3) is 0.688. The van der Waals surface area contributed by atoms with Crippen LogP contribution >= 0.6 is 0 Å². The highest BCUT2D eigenvalue weighted by Gasteiger charge is 2.71. The van der Waals surface area contributed by atoms with Crippen LogP contribution in [-0.4, -0.2) is 65.6 Å². The van der Waals surface area contributed by atoms with Gasteiger partial charge in [-0.25, -0.2) is 4.79 Å². The molecular formula is C32H43NO7. The number of benzene rings is 1. The van der Waals surface area contributed by atoms with Crippen LogP contribution in [0.25, 0.3) is 0 Å². The van der Waals surface area contributed by atoms with Gasteiger partial charge in [0.15, 0.2) is 11.5 Å². The van der Waals surface area contributed by atoms with Crippen molar-refractivity contribution in [2.24, 2.45) is 33.6 Å². The van der Waals surface area contributed by atoms with Crippen molar-refractivity contribution in [3.63, 3.8) is 0 Å². The van der Waals surface area contributed by atoms with Gasteiger partial charge in [0.25, 0.3) is 0 Å². The first-order valence-electron chi connectivity index (χ1n) is 14.8. The van der Waals surface area contributed by atoms with Crippen molar-refractivity contribution in [2.75, 3.05) is 20.8 Å². The Kier molecular flexibility index (Phi) is 6.83. The van der Waals surface area contributed by atoms with E-state index in [4.69, 9.17) is 19.2 Å². The highest BCUT2D eigenvalue weighted by Crippen LogP contribution is 2.70. The molecule has 0 aromatic heterocycles. The Morgan fingerprint density at radius 1 is 1.05 bits per heavy atom. The standard InChI is InChI=1S/C32H43NO7/c1-29-11-8-24-25(32(29,37)14-10-23(29)21-15-27(35)40-18-21)9-13-31(36)16-22(34)7-12-30(24,31)19-33-17-20-5-4-6-26(38-2)28(20)39-3/h4-6,15,19,22-25,34,36-37H,7-14,16-18H2,1-3H3/t22?,23?,24-,25?,29+,30-,31?,32?/m0/s1. The fourth-order valence-corrected chi connectivity index (χ4v) is 9.75. The molecule has 4 aliphatic carbocycles. The summed E-state index contributed by atoms with van der Waals surface area (Å²) in [7, 11) is 3.23. The molecule has 0 saturated heterocycles. The number of carbonyl (C=O) groups excluding carboxylic acids is 1. The van der Waals surface area contributed by atoms with Gasteiger partial charge < -0.3 is 29.5 Å². The van der Waals surface area contributed by atoms with Crippen molar-refractivity contribution in [1.82, 2.24) is 0 Å². The van der Waals surface area contributed by atoms with E-state index in [1.165, 1.54) is 0 Å². The van der Waals surface area contributed by atoms with Gasteiger partial charge >= 0.3 is 5.97 Å². The molecule has 8 heteroatoms. The number of aliphatic hydroxyl groups is 3. The van der Waals surface area contributed by atoms with Crippen molar-refractivity contribution in [3.05, 3.63) is 35.4 Å². The van der Waals surface area contributed by atoms with E-state index in [1.54, 1.807) is 20.3 Å². The van der Waals surface area contributed by atoms with Crippen LogP contribution in [0.15, 0.2) is 34.8 Å². The van der Waals surface area contributed by atoms with E-state index in [9.17, 15) is 20.1 Å². The third-order valence-corrected chi connectivity index (χ3v) is 11.7. The SMILES string of the molecule is COc1cccc(CN=C[C@]23CCC(O)CC2(O)CCC2[C@@H]3CC[C@]3(C)C(C4=CC(=O)OC4)CCC23O)c1OC. The van der Waals surface area contributed by atoms with Crippen molar-refractivity contribution < 1.29 is 34.3 Å². The molecule has 1 aliphatic heterocycles. The monoisotopic (exact) mass is 553 g/mol. The molecule has 6 rings (SSSR count). The Morgan fingerprint density at radius 3 is 2.58 bits per heavy atom. The maximum Gasteiger partial charge on any atom is 0.331 e. The van der Waals surface area contributed by atoms with Gasteiger partial charge in [0, 0.05) is 35.1 Å². The molecular weight excluding hydrogens is 510 g/mol. The molecule has 218 valence electrons. The largest absolute Gasteiger partial charge is 0.493 e. The summed E-state index contributed by atoms with van der Waals surface area (Å²) < 4.78 is 16.3. The van der Waals surface area contributed by atoms with Crippen LogP contribution in [0.2, 0.25) is 0 Å². The number of hydrogen-bond acceptors (Lipinski definition) is 8. The van der Waals surface area contributed by atoms with E-state index in [-0.39, 0.29) is 29.1 Å². The number of cyclic esters (lactones) is 1. The average Bonchev–Trinajstić information content (AvgIpc) is 3.48. The number of fused-ring (bicyclic) bond motifs is 5. The van der Waals surface area contributed by atoms with Crippen LogP contribution in [-0.2, 0) is 16.1 Å². The molecule has 0 radical (unpaired) electrons. The Hall–Kier alpha value is -2.42. The maximum atomic E-state index is 12.6. The normalized spacial score (nSPS) is 42.5. The molecule has 5 unspecified atom stereocenters. The molecule has 1 aromatic carbocycles. The number of methoxy groups -OCH3 is 2. The van der Waals surface area contributed by atoms with Crippen molar-refractivity contribution in [3.8, 4) is 11.5 Å². The smallest absolute Gasteiger partial charge is 0.331 e. The van der Waals surface area contributed by atoms with E-state index in [0.717, 1.165) is 30.4 Å². The quantitative estimate of drug-likeness (QED) is 0.360. The van der Waals surface area contributed by atoms with E-state index in [0.29, 0.717) is 63.2 Å². The molecule has 5 aliphatic rings. The highest BCUT2D eigenvalue weighted by atomic mass is 16.5. The van der Waals surface area contributed by atoms with Crippen LogP contribution < -0.4 is 9.47 Å². The summed E-state index contributed by atoms with van der Waals surface area (Å²) in [4.78, 5) is 16.8. The molecule has 1 heterocycles. The van der Waals surface area contributed by atoms with Crippen LogP contribution in [0.4, 0.5) is 0 Å². The summed E-state index contributed by atoms with van der Waals surface area (Å²) >= 11 is 0. The first kappa shape index (κ1) is 27.7. The molecule has 1 aromatic rings. The average molecular weight is 554 g/mol. The van der Waals surface area contributed by atoms with Crippen LogP contribution in [0.1, 0.15) is 70.3 Å². The molecule has 0 bridgehead atoms. The lowest BCUT2D eigenvalue weighted by atomic mass is 9.41. The number of ether oxygens (including phenoxy) is 3. The second kappa shape index (κ2) is 9.85. The number of para-hydroxylation sites is 1. The fourth-order valence-electron chi connectivity index (χ4n) is 9.75. The van der Waals surface area contributed by atoms with Crippen molar-refractivity contribution in [2.45, 2.75) is 88.6 Å². The minimum atomic E-state index is -1.08. The third-order valence-electron chi connectivity index (χ3n) is 11.7. The van der Waals surface area contributed by atoms with Gasteiger partial charge in [0.1, 0.15) is 6.61 Å². The summed E-state index contributed by atoms with van der Waals surface area (Å²) in [5.74, 6) is 1.18. The van der Waals surface area contributed by atoms with Crippen LogP contribution in [0, 0.1) is 28.6 Å². The number of aliphatic hydroxyl groups excluding tert-OH is 1. The summed E-state index contributed by atoms with van der Waals surface area (Å²) in [6.45, 7) is 2.90. The molecule has 40 heavy (non-hydrogen) atoms. The van der Waals surface area contributed by atoms with Gasteiger partial charge in [0.05, 0.1) is 38.1 Å². The Balaban J connectivity index is 1.35. The lowest BCUT2D eigenvalue weighted by Gasteiger charge is -2.65. The molecule has 4 saturated carbocycles. The van der Waals surface area contributed by atoms with E-state index in [1.807, 2.05) is 24.4 Å². The second-order valence-corrected chi connectivity index (χ2v) is 13.1.